The molecular formula is C18H26ClN7O2S. The number of nitrogens with one attached hydrogen (secondary N) is 1. The molecule has 2 aromatic rings. The Morgan fingerprint density at radius 2 is 1.83 bits per heavy atom. The van der Waals surface area contributed by atoms with E-state index in [2.05, 4.69) is 39.1 Å². The predicted octanol–water partition coefficient (Wildman–Crippen LogP) is 2.10. The number of hydrogen-bond acceptors (Lipinski definition) is 7. The third-order valence-electron chi connectivity index (χ3n) is 6.33. The molecule has 9 nitrogen and oxygen atoms in total. The summed E-state index contributed by atoms with van der Waals surface area (Å²) in [5, 5.41) is 7.75. The van der Waals surface area contributed by atoms with Gasteiger partial charge in [-0.05, 0) is 6.92 Å². The molecule has 0 aromatic carbocycles. The van der Waals surface area contributed by atoms with Crippen LogP contribution < -0.4 is 10.2 Å². The van der Waals surface area contributed by atoms with Crippen LogP contribution in [0.3, 0.4) is 0 Å². The molecule has 2 fully saturated rings. The zero-order valence-electron chi connectivity index (χ0n) is 17.1. The smallest absolute Gasteiger partial charge is 0.229 e. The molecule has 2 aromatic heterocycles. The number of anilines is 3. The number of sulfonamides is 1. The van der Waals surface area contributed by atoms with Gasteiger partial charge in [0.25, 0.3) is 0 Å². The number of halogens is 1. The molecule has 4 rings (SSSR count). The van der Waals surface area contributed by atoms with E-state index in [-0.39, 0.29) is 16.6 Å². The molecule has 2 aliphatic rings. The largest absolute Gasteiger partial charge is 0.354 e. The van der Waals surface area contributed by atoms with Crippen molar-refractivity contribution >= 4 is 39.1 Å². The van der Waals surface area contributed by atoms with E-state index in [0.717, 1.165) is 5.69 Å². The minimum Gasteiger partial charge on any atom is -0.354 e. The lowest BCUT2D eigenvalue weighted by Crippen LogP contribution is -2.36. The second-order valence-corrected chi connectivity index (χ2v) is 11.2. The van der Waals surface area contributed by atoms with Crippen LogP contribution in [-0.4, -0.2) is 64.4 Å². The standard InChI is InChI=1S/C18H26ClN7O2S/c1-5-29(27,28)26-11-17(2)9-25(10-18(17,3)12-26)15-14(19)7-20-16(23-15)22-13-6-21-24(4)8-13/h6-8H,5,9-12H2,1-4H3,(H,20,22,23)/t17-,18+. The Morgan fingerprint density at radius 1 is 1.17 bits per heavy atom. The van der Waals surface area contributed by atoms with Crippen LogP contribution in [0, 0.1) is 10.8 Å². The molecule has 4 heterocycles. The highest BCUT2D eigenvalue weighted by molar-refractivity contribution is 7.89. The van der Waals surface area contributed by atoms with Gasteiger partial charge >= 0.3 is 0 Å². The summed E-state index contributed by atoms with van der Waals surface area (Å²) in [5.41, 5.74) is 0.430. The lowest BCUT2D eigenvalue weighted by atomic mass is 9.71. The van der Waals surface area contributed by atoms with Crippen LogP contribution in [-0.2, 0) is 17.1 Å². The minimum absolute atomic E-state index is 0.129. The molecule has 0 spiro atoms. The van der Waals surface area contributed by atoms with Crippen molar-refractivity contribution in [1.82, 2.24) is 24.1 Å². The minimum atomic E-state index is -3.20. The van der Waals surface area contributed by atoms with Crippen molar-refractivity contribution in [3.8, 4) is 0 Å². The first-order valence-electron chi connectivity index (χ1n) is 9.56. The fourth-order valence-corrected chi connectivity index (χ4v) is 5.92. The van der Waals surface area contributed by atoms with E-state index in [9.17, 15) is 8.42 Å². The average molecular weight is 440 g/mol. The van der Waals surface area contributed by atoms with Crippen LogP contribution >= 0.6 is 11.6 Å². The molecule has 2 atom stereocenters. The van der Waals surface area contributed by atoms with Gasteiger partial charge in [-0.15, -0.1) is 0 Å². The normalized spacial score (nSPS) is 27.4. The highest BCUT2D eigenvalue weighted by Gasteiger charge is 2.59. The Hall–Kier alpha value is -1.91. The maximum absolute atomic E-state index is 12.4. The van der Waals surface area contributed by atoms with Crippen LogP contribution in [0.5, 0.6) is 0 Å². The van der Waals surface area contributed by atoms with E-state index < -0.39 is 10.0 Å². The van der Waals surface area contributed by atoms with Crippen molar-refractivity contribution in [1.29, 1.82) is 0 Å². The number of aromatic nitrogens is 4. The lowest BCUT2D eigenvalue weighted by Gasteiger charge is -2.30. The molecule has 0 saturated carbocycles. The highest BCUT2D eigenvalue weighted by atomic mass is 35.5. The van der Waals surface area contributed by atoms with Crippen molar-refractivity contribution in [3.63, 3.8) is 0 Å². The van der Waals surface area contributed by atoms with Crippen LogP contribution in [0.2, 0.25) is 5.02 Å². The summed E-state index contributed by atoms with van der Waals surface area (Å²) < 4.78 is 28.1. The molecule has 11 heteroatoms. The van der Waals surface area contributed by atoms with Crippen LogP contribution in [0.1, 0.15) is 20.8 Å². The van der Waals surface area contributed by atoms with Crippen LogP contribution in [0.15, 0.2) is 18.6 Å². The zero-order chi connectivity index (χ0) is 21.0. The van der Waals surface area contributed by atoms with Gasteiger partial charge < -0.3 is 10.2 Å². The van der Waals surface area contributed by atoms with Gasteiger partial charge in [-0.2, -0.15) is 10.1 Å². The van der Waals surface area contributed by atoms with Crippen molar-refractivity contribution in [3.05, 3.63) is 23.6 Å². The van der Waals surface area contributed by atoms with E-state index in [1.54, 1.807) is 28.3 Å². The molecular weight excluding hydrogens is 414 g/mol. The summed E-state index contributed by atoms with van der Waals surface area (Å²) in [7, 11) is -1.36. The second kappa shape index (κ2) is 6.82. The summed E-state index contributed by atoms with van der Waals surface area (Å²) >= 11 is 6.44. The Morgan fingerprint density at radius 3 is 2.38 bits per heavy atom. The van der Waals surface area contributed by atoms with Gasteiger partial charge in [0.2, 0.25) is 16.0 Å². The molecule has 0 unspecified atom stereocenters. The number of fused-ring (bicyclic) bond motifs is 1. The number of rotatable bonds is 5. The summed E-state index contributed by atoms with van der Waals surface area (Å²) in [6.45, 7) is 8.39. The van der Waals surface area contributed by atoms with E-state index in [4.69, 9.17) is 11.6 Å². The molecule has 29 heavy (non-hydrogen) atoms. The number of hydrogen-bond donors (Lipinski definition) is 1. The predicted molar refractivity (Wildman–Crippen MR) is 113 cm³/mol. The van der Waals surface area contributed by atoms with Gasteiger partial charge in [0.05, 0.1) is 23.8 Å². The first-order chi connectivity index (χ1) is 13.6. The summed E-state index contributed by atoms with van der Waals surface area (Å²) in [5.74, 6) is 1.24. The van der Waals surface area contributed by atoms with E-state index in [1.165, 1.54) is 0 Å². The molecule has 0 bridgehead atoms. The maximum atomic E-state index is 12.4. The Balaban J connectivity index is 1.58. The molecule has 2 saturated heterocycles. The quantitative estimate of drug-likeness (QED) is 0.761. The molecule has 1 N–H and O–H groups in total. The van der Waals surface area contributed by atoms with Gasteiger partial charge in [0.1, 0.15) is 5.02 Å². The molecule has 0 radical (unpaired) electrons. The number of nitrogens with zero attached hydrogens (tertiary/aromatic N) is 6. The van der Waals surface area contributed by atoms with Gasteiger partial charge in [-0.3, -0.25) is 4.68 Å². The van der Waals surface area contributed by atoms with Crippen molar-refractivity contribution in [2.75, 3.05) is 42.1 Å². The molecule has 2 aliphatic heterocycles. The topological polar surface area (TPSA) is 96.3 Å². The van der Waals surface area contributed by atoms with Gasteiger partial charge in [0, 0.05) is 50.3 Å². The third kappa shape index (κ3) is 3.47. The SMILES string of the molecule is CCS(=O)(=O)N1C[C@]2(C)CN(c3nc(Nc4cnn(C)c4)ncc3Cl)C[C@]2(C)C1. The van der Waals surface area contributed by atoms with Gasteiger partial charge in [0.15, 0.2) is 5.82 Å². The lowest BCUT2D eigenvalue weighted by molar-refractivity contribution is 0.212. The fraction of sp³-hybridized carbons (Fsp3) is 0.611. The summed E-state index contributed by atoms with van der Waals surface area (Å²) in [4.78, 5) is 11.1. The van der Waals surface area contributed by atoms with E-state index in [1.807, 2.05) is 13.2 Å². The fourth-order valence-electron chi connectivity index (χ4n) is 4.38. The first-order valence-corrected chi connectivity index (χ1v) is 11.5. The monoisotopic (exact) mass is 439 g/mol. The van der Waals surface area contributed by atoms with Gasteiger partial charge in [-0.1, -0.05) is 25.4 Å². The van der Waals surface area contributed by atoms with E-state index in [0.29, 0.717) is 43.0 Å². The zero-order valence-corrected chi connectivity index (χ0v) is 18.6. The molecule has 0 aliphatic carbocycles. The average Bonchev–Trinajstić information content (AvgIpc) is 3.24. The summed E-state index contributed by atoms with van der Waals surface area (Å²) in [6, 6.07) is 0. The van der Waals surface area contributed by atoms with Crippen LogP contribution in [0.25, 0.3) is 0 Å². The van der Waals surface area contributed by atoms with Crippen molar-refractivity contribution in [2.45, 2.75) is 20.8 Å². The second-order valence-electron chi connectivity index (χ2n) is 8.54. The third-order valence-corrected chi connectivity index (χ3v) is 8.37. The molecule has 0 amide bonds. The molecule has 158 valence electrons. The number of aryl methyl sites for hydroxylation is 1. The highest BCUT2D eigenvalue weighted by Crippen LogP contribution is 2.53. The van der Waals surface area contributed by atoms with Crippen molar-refractivity contribution < 1.29 is 8.42 Å². The van der Waals surface area contributed by atoms with Gasteiger partial charge in [-0.25, -0.2) is 17.7 Å². The first kappa shape index (κ1) is 20.4. The van der Waals surface area contributed by atoms with E-state index >= 15 is 0 Å². The Labute approximate surface area is 176 Å². The van der Waals surface area contributed by atoms with Crippen LogP contribution in [0.4, 0.5) is 17.5 Å². The maximum Gasteiger partial charge on any atom is 0.229 e. The van der Waals surface area contributed by atoms with Crippen molar-refractivity contribution in [2.24, 2.45) is 17.9 Å². The Kier molecular flexibility index (Phi) is 4.79. The summed E-state index contributed by atoms with van der Waals surface area (Å²) in [6.07, 6.45) is 5.13. The Bertz CT molecular complexity index is 1020.